The zero-order valence-corrected chi connectivity index (χ0v) is 20.5. The maximum absolute atomic E-state index is 11.8. The van der Waals surface area contributed by atoms with Gasteiger partial charge in [-0.2, -0.15) is 0 Å². The molecule has 0 saturated heterocycles. The number of hydrogen-bond acceptors (Lipinski definition) is 3. The Morgan fingerprint density at radius 2 is 1.80 bits per heavy atom. The minimum atomic E-state index is -0.0709. The molecule has 0 unspecified atom stereocenters. The molecule has 0 aliphatic rings. The highest BCUT2D eigenvalue weighted by Crippen LogP contribution is 2.15. The van der Waals surface area contributed by atoms with E-state index in [1.54, 1.807) is 7.05 Å². The first-order valence-electron chi connectivity index (χ1n) is 10.1. The minimum absolute atomic E-state index is 0. The standard InChI is InChI=1S/C23H32N4O2.HI/c1-5-25-23(27-16-19-9-7-11-21(15-19)29-17(2)3)26-13-12-18-8-6-10-20(14-18)22(28)24-4;/h6-11,14-15,17H,5,12-13,16H2,1-4H3,(H,24,28)(H2,25,26,27);1H. The molecule has 0 aromatic heterocycles. The summed E-state index contributed by atoms with van der Waals surface area (Å²) in [7, 11) is 1.64. The Morgan fingerprint density at radius 1 is 1.07 bits per heavy atom. The minimum Gasteiger partial charge on any atom is -0.491 e. The first kappa shape index (κ1) is 25.7. The molecule has 0 heterocycles. The summed E-state index contributed by atoms with van der Waals surface area (Å²) < 4.78 is 5.75. The summed E-state index contributed by atoms with van der Waals surface area (Å²) in [6.07, 6.45) is 0.946. The van der Waals surface area contributed by atoms with Crippen molar-refractivity contribution in [2.24, 2.45) is 4.99 Å². The van der Waals surface area contributed by atoms with E-state index in [4.69, 9.17) is 4.74 Å². The van der Waals surface area contributed by atoms with Gasteiger partial charge >= 0.3 is 0 Å². The quantitative estimate of drug-likeness (QED) is 0.266. The predicted octanol–water partition coefficient (Wildman–Crippen LogP) is 3.75. The third kappa shape index (κ3) is 9.02. The van der Waals surface area contributed by atoms with E-state index in [0.29, 0.717) is 12.1 Å². The molecule has 2 aromatic carbocycles. The number of carbonyl (C=O) groups is 1. The van der Waals surface area contributed by atoms with Gasteiger partial charge in [-0.25, -0.2) is 4.99 Å². The summed E-state index contributed by atoms with van der Waals surface area (Å²) in [4.78, 5) is 16.4. The number of halogens is 1. The summed E-state index contributed by atoms with van der Waals surface area (Å²) in [5, 5.41) is 9.28. The van der Waals surface area contributed by atoms with Crippen molar-refractivity contribution in [1.29, 1.82) is 0 Å². The van der Waals surface area contributed by atoms with Crippen LogP contribution in [0.25, 0.3) is 0 Å². The Kier molecular flexibility index (Phi) is 11.9. The molecule has 164 valence electrons. The molecule has 0 aliphatic heterocycles. The van der Waals surface area contributed by atoms with E-state index in [1.165, 1.54) is 0 Å². The van der Waals surface area contributed by atoms with Crippen molar-refractivity contribution >= 4 is 35.8 Å². The molecule has 3 N–H and O–H groups in total. The summed E-state index contributed by atoms with van der Waals surface area (Å²) in [6, 6.07) is 15.7. The van der Waals surface area contributed by atoms with Gasteiger partial charge in [-0.1, -0.05) is 24.3 Å². The van der Waals surface area contributed by atoms with Gasteiger partial charge in [0.05, 0.1) is 12.6 Å². The Labute approximate surface area is 196 Å². The average Bonchev–Trinajstić information content (AvgIpc) is 2.71. The third-order valence-electron chi connectivity index (χ3n) is 4.16. The normalized spacial score (nSPS) is 10.9. The van der Waals surface area contributed by atoms with Crippen molar-refractivity contribution in [2.75, 3.05) is 20.1 Å². The molecule has 0 bridgehead atoms. The summed E-state index contributed by atoms with van der Waals surface area (Å²) >= 11 is 0. The highest BCUT2D eigenvalue weighted by Gasteiger charge is 2.04. The Hall–Kier alpha value is -2.29. The molecule has 1 amide bonds. The van der Waals surface area contributed by atoms with Crippen LogP contribution in [0.5, 0.6) is 5.75 Å². The van der Waals surface area contributed by atoms with Crippen LogP contribution in [0.1, 0.15) is 42.3 Å². The van der Waals surface area contributed by atoms with Crippen molar-refractivity contribution in [3.8, 4) is 5.75 Å². The number of hydrogen-bond donors (Lipinski definition) is 3. The van der Waals surface area contributed by atoms with Crippen LogP contribution in [0.2, 0.25) is 0 Å². The van der Waals surface area contributed by atoms with Gasteiger partial charge in [-0.15, -0.1) is 24.0 Å². The van der Waals surface area contributed by atoms with E-state index in [0.717, 1.165) is 42.3 Å². The van der Waals surface area contributed by atoms with Gasteiger partial charge in [0.15, 0.2) is 5.96 Å². The van der Waals surface area contributed by atoms with E-state index >= 15 is 0 Å². The number of aliphatic imine (C=N–C) groups is 1. The first-order valence-corrected chi connectivity index (χ1v) is 10.1. The molecule has 0 spiro atoms. The number of carbonyl (C=O) groups excluding carboxylic acids is 1. The van der Waals surface area contributed by atoms with Crippen molar-refractivity contribution in [3.63, 3.8) is 0 Å². The fourth-order valence-electron chi connectivity index (χ4n) is 2.84. The zero-order chi connectivity index (χ0) is 21.1. The lowest BCUT2D eigenvalue weighted by Crippen LogP contribution is -2.38. The highest BCUT2D eigenvalue weighted by molar-refractivity contribution is 14.0. The summed E-state index contributed by atoms with van der Waals surface area (Å²) in [5.74, 6) is 1.56. The van der Waals surface area contributed by atoms with E-state index in [1.807, 2.05) is 69.3 Å². The molecule has 6 nitrogen and oxygen atoms in total. The van der Waals surface area contributed by atoms with Crippen molar-refractivity contribution in [1.82, 2.24) is 16.0 Å². The largest absolute Gasteiger partial charge is 0.491 e. The second-order valence-corrected chi connectivity index (χ2v) is 6.97. The lowest BCUT2D eigenvalue weighted by atomic mass is 10.1. The topological polar surface area (TPSA) is 74.8 Å². The number of rotatable bonds is 9. The van der Waals surface area contributed by atoms with E-state index in [-0.39, 0.29) is 36.0 Å². The van der Waals surface area contributed by atoms with E-state index in [9.17, 15) is 4.79 Å². The number of nitrogens with one attached hydrogen (secondary N) is 3. The smallest absolute Gasteiger partial charge is 0.251 e. The Balaban J connectivity index is 0.00000450. The predicted molar refractivity (Wildman–Crippen MR) is 134 cm³/mol. The molecule has 0 radical (unpaired) electrons. The summed E-state index contributed by atoms with van der Waals surface area (Å²) in [6.45, 7) is 8.15. The number of ether oxygens (including phenoxy) is 1. The van der Waals surface area contributed by atoms with Crippen molar-refractivity contribution in [2.45, 2.75) is 39.8 Å². The highest BCUT2D eigenvalue weighted by atomic mass is 127. The maximum Gasteiger partial charge on any atom is 0.251 e. The first-order chi connectivity index (χ1) is 14.0. The number of guanidine groups is 1. The zero-order valence-electron chi connectivity index (χ0n) is 18.2. The molecule has 0 aliphatic carbocycles. The van der Waals surface area contributed by atoms with Crippen LogP contribution < -0.4 is 20.7 Å². The molecule has 0 atom stereocenters. The van der Waals surface area contributed by atoms with Crippen LogP contribution in [-0.2, 0) is 13.0 Å². The summed E-state index contributed by atoms with van der Waals surface area (Å²) in [5.41, 5.74) is 2.88. The lowest BCUT2D eigenvalue weighted by Gasteiger charge is -2.13. The lowest BCUT2D eigenvalue weighted by molar-refractivity contribution is 0.0963. The number of amides is 1. The van der Waals surface area contributed by atoms with Crippen molar-refractivity contribution in [3.05, 3.63) is 65.2 Å². The van der Waals surface area contributed by atoms with E-state index in [2.05, 4.69) is 20.9 Å². The Bertz CT molecular complexity index is 824. The van der Waals surface area contributed by atoms with Gasteiger partial charge in [0, 0.05) is 25.7 Å². The molecule has 0 fully saturated rings. The molecule has 0 saturated carbocycles. The fraction of sp³-hybridized carbons (Fsp3) is 0.391. The van der Waals surface area contributed by atoms with Crippen LogP contribution >= 0.6 is 24.0 Å². The second kappa shape index (κ2) is 13.8. The monoisotopic (exact) mass is 524 g/mol. The number of benzene rings is 2. The van der Waals surface area contributed by atoms with Gasteiger partial charge in [-0.3, -0.25) is 4.79 Å². The maximum atomic E-state index is 11.8. The van der Waals surface area contributed by atoms with Crippen LogP contribution in [0.15, 0.2) is 53.5 Å². The fourth-order valence-corrected chi connectivity index (χ4v) is 2.84. The van der Waals surface area contributed by atoms with E-state index < -0.39 is 0 Å². The second-order valence-electron chi connectivity index (χ2n) is 6.97. The third-order valence-corrected chi connectivity index (χ3v) is 4.16. The van der Waals surface area contributed by atoms with Gasteiger partial charge in [-0.05, 0) is 62.6 Å². The Morgan fingerprint density at radius 3 is 2.50 bits per heavy atom. The molecular weight excluding hydrogens is 491 g/mol. The van der Waals surface area contributed by atoms with Gasteiger partial charge in [0.1, 0.15) is 5.75 Å². The van der Waals surface area contributed by atoms with Crippen LogP contribution in [0.4, 0.5) is 0 Å². The molecular formula is C23H33IN4O2. The van der Waals surface area contributed by atoms with Gasteiger partial charge < -0.3 is 20.7 Å². The molecule has 2 rings (SSSR count). The van der Waals surface area contributed by atoms with Crippen LogP contribution in [0.3, 0.4) is 0 Å². The van der Waals surface area contributed by atoms with Crippen LogP contribution in [0, 0.1) is 0 Å². The average molecular weight is 524 g/mol. The molecule has 7 heteroatoms. The number of nitrogens with zero attached hydrogens (tertiary/aromatic N) is 1. The van der Waals surface area contributed by atoms with Crippen molar-refractivity contribution < 1.29 is 9.53 Å². The van der Waals surface area contributed by atoms with Gasteiger partial charge in [0.25, 0.3) is 5.91 Å². The van der Waals surface area contributed by atoms with Gasteiger partial charge in [0.2, 0.25) is 0 Å². The molecule has 2 aromatic rings. The SMILES string of the molecule is CCNC(=NCc1cccc(OC(C)C)c1)NCCc1cccc(C(=O)NC)c1.I. The van der Waals surface area contributed by atoms with Crippen LogP contribution in [-0.4, -0.2) is 38.1 Å². The molecule has 30 heavy (non-hydrogen) atoms.